The fraction of sp³-hybridized carbons (Fsp3) is 0.588. The third-order valence-electron chi connectivity index (χ3n) is 4.17. The van der Waals surface area contributed by atoms with E-state index in [2.05, 4.69) is 22.6 Å². The maximum absolute atomic E-state index is 12.1. The Balaban J connectivity index is 1.56. The van der Waals surface area contributed by atoms with E-state index in [4.69, 9.17) is 18.5 Å². The van der Waals surface area contributed by atoms with Crippen LogP contribution in [0.3, 0.4) is 0 Å². The first-order chi connectivity index (χ1) is 12.2. The zero-order valence-electron chi connectivity index (χ0n) is 14.5. The van der Waals surface area contributed by atoms with Gasteiger partial charge in [-0.05, 0) is 31.3 Å². The number of hydrogen-bond acceptors (Lipinski definition) is 7. The van der Waals surface area contributed by atoms with Gasteiger partial charge in [-0.25, -0.2) is 0 Å². The molecular weight excluding hydrogens is 326 g/mol. The minimum Gasteiger partial charge on any atom is -0.470 e. The van der Waals surface area contributed by atoms with Crippen LogP contribution in [0.25, 0.3) is 0 Å². The largest absolute Gasteiger partial charge is 0.470 e. The lowest BCUT2D eigenvalue weighted by atomic mass is 10.1. The van der Waals surface area contributed by atoms with Crippen molar-refractivity contribution >= 4 is 5.91 Å². The molecule has 1 aliphatic heterocycles. The molecule has 0 saturated carbocycles. The molecule has 25 heavy (non-hydrogen) atoms. The highest BCUT2D eigenvalue weighted by Gasteiger charge is 2.22. The summed E-state index contributed by atoms with van der Waals surface area (Å²) < 4.78 is 21.2. The van der Waals surface area contributed by atoms with Gasteiger partial charge in [0.05, 0.1) is 30.0 Å². The van der Waals surface area contributed by atoms with Gasteiger partial charge >= 0.3 is 0 Å². The Bertz CT molecular complexity index is 703. The number of rotatable bonds is 8. The number of ether oxygens (including phenoxy) is 2. The second-order valence-electron chi connectivity index (χ2n) is 6.12. The highest BCUT2D eigenvalue weighted by Crippen LogP contribution is 2.19. The SMILES string of the molecule is CCCCc1noc(C)c1COc1cc(C(=O)NC2CCOC2)on1. The summed E-state index contributed by atoms with van der Waals surface area (Å²) in [6, 6.07) is 1.50. The minimum absolute atomic E-state index is 0.0164. The number of nitrogens with one attached hydrogen (secondary N) is 1. The number of aromatic nitrogens is 2. The van der Waals surface area contributed by atoms with E-state index in [1.54, 1.807) is 0 Å². The van der Waals surface area contributed by atoms with E-state index in [9.17, 15) is 4.79 Å². The van der Waals surface area contributed by atoms with E-state index in [0.717, 1.165) is 42.7 Å². The quantitative estimate of drug-likeness (QED) is 0.781. The molecule has 0 aromatic carbocycles. The first-order valence-electron chi connectivity index (χ1n) is 8.59. The summed E-state index contributed by atoms with van der Waals surface area (Å²) in [5.41, 5.74) is 1.83. The second kappa shape index (κ2) is 8.15. The molecule has 1 N–H and O–H groups in total. The molecule has 1 saturated heterocycles. The van der Waals surface area contributed by atoms with E-state index in [0.29, 0.717) is 13.2 Å². The molecule has 0 bridgehead atoms. The van der Waals surface area contributed by atoms with Crippen molar-refractivity contribution in [1.82, 2.24) is 15.6 Å². The number of carbonyl (C=O) groups is 1. The van der Waals surface area contributed by atoms with Crippen LogP contribution < -0.4 is 10.1 Å². The van der Waals surface area contributed by atoms with E-state index in [1.165, 1.54) is 6.07 Å². The summed E-state index contributed by atoms with van der Waals surface area (Å²) >= 11 is 0. The summed E-state index contributed by atoms with van der Waals surface area (Å²) in [7, 11) is 0. The first kappa shape index (κ1) is 17.5. The van der Waals surface area contributed by atoms with Crippen LogP contribution in [0.15, 0.2) is 15.1 Å². The standard InChI is InChI=1S/C17H23N3O5/c1-3-4-5-14-13(11(2)24-19-14)10-23-16-8-15(25-20-16)17(21)18-12-6-7-22-9-12/h8,12H,3-7,9-10H2,1-2H3,(H,18,21). The summed E-state index contributed by atoms with van der Waals surface area (Å²) in [5.74, 6) is 0.793. The molecule has 8 nitrogen and oxygen atoms in total. The lowest BCUT2D eigenvalue weighted by molar-refractivity contribution is 0.0892. The van der Waals surface area contributed by atoms with Gasteiger partial charge in [-0.15, -0.1) is 0 Å². The normalized spacial score (nSPS) is 17.0. The lowest BCUT2D eigenvalue weighted by Crippen LogP contribution is -2.34. The predicted octanol–water partition coefficient (Wildman–Crippen LogP) is 2.41. The molecule has 3 rings (SSSR count). The Hall–Kier alpha value is -2.35. The van der Waals surface area contributed by atoms with Crippen molar-refractivity contribution in [3.63, 3.8) is 0 Å². The van der Waals surface area contributed by atoms with Crippen molar-refractivity contribution in [3.8, 4) is 5.88 Å². The Labute approximate surface area is 145 Å². The summed E-state index contributed by atoms with van der Waals surface area (Å²) in [6.07, 6.45) is 3.77. The number of aryl methyl sites for hydroxylation is 2. The summed E-state index contributed by atoms with van der Waals surface area (Å²) in [5, 5.41) is 10.7. The van der Waals surface area contributed by atoms with E-state index < -0.39 is 0 Å². The van der Waals surface area contributed by atoms with E-state index in [1.807, 2.05) is 6.92 Å². The molecule has 2 aromatic rings. The predicted molar refractivity (Wildman–Crippen MR) is 87.4 cm³/mol. The van der Waals surface area contributed by atoms with Crippen LogP contribution in [-0.4, -0.2) is 35.5 Å². The van der Waals surface area contributed by atoms with Gasteiger partial charge in [0, 0.05) is 6.61 Å². The maximum atomic E-state index is 12.1. The fourth-order valence-electron chi connectivity index (χ4n) is 2.65. The van der Waals surface area contributed by atoms with Crippen LogP contribution in [0.1, 0.15) is 53.8 Å². The monoisotopic (exact) mass is 349 g/mol. The highest BCUT2D eigenvalue weighted by molar-refractivity contribution is 5.91. The van der Waals surface area contributed by atoms with Crippen LogP contribution in [0, 0.1) is 6.92 Å². The Morgan fingerprint density at radius 2 is 2.28 bits per heavy atom. The molecule has 1 fully saturated rings. The molecule has 1 aliphatic rings. The lowest BCUT2D eigenvalue weighted by Gasteiger charge is -2.07. The van der Waals surface area contributed by atoms with Crippen LogP contribution in [-0.2, 0) is 17.8 Å². The van der Waals surface area contributed by atoms with Gasteiger partial charge < -0.3 is 23.8 Å². The molecule has 3 heterocycles. The van der Waals surface area contributed by atoms with Gasteiger partial charge in [-0.1, -0.05) is 18.5 Å². The molecule has 0 radical (unpaired) electrons. The smallest absolute Gasteiger partial charge is 0.290 e. The molecule has 8 heteroatoms. The molecule has 2 aromatic heterocycles. The number of carbonyl (C=O) groups excluding carboxylic acids is 1. The topological polar surface area (TPSA) is 99.6 Å². The fourth-order valence-corrected chi connectivity index (χ4v) is 2.65. The zero-order chi connectivity index (χ0) is 17.6. The van der Waals surface area contributed by atoms with E-state index in [-0.39, 0.29) is 30.2 Å². The van der Waals surface area contributed by atoms with Crippen LogP contribution in [0.2, 0.25) is 0 Å². The van der Waals surface area contributed by atoms with Crippen LogP contribution >= 0.6 is 0 Å². The third kappa shape index (κ3) is 4.39. The molecule has 136 valence electrons. The van der Waals surface area contributed by atoms with Gasteiger partial charge in [0.25, 0.3) is 11.8 Å². The Morgan fingerprint density at radius 1 is 1.40 bits per heavy atom. The maximum Gasteiger partial charge on any atom is 0.290 e. The van der Waals surface area contributed by atoms with Gasteiger partial charge in [0.2, 0.25) is 5.76 Å². The van der Waals surface area contributed by atoms with Crippen molar-refractivity contribution in [2.45, 2.75) is 52.2 Å². The first-order valence-corrected chi connectivity index (χ1v) is 8.59. The zero-order valence-corrected chi connectivity index (χ0v) is 14.5. The second-order valence-corrected chi connectivity index (χ2v) is 6.12. The van der Waals surface area contributed by atoms with Gasteiger partial charge in [0.15, 0.2) is 0 Å². The van der Waals surface area contributed by atoms with Gasteiger partial charge in [0.1, 0.15) is 12.4 Å². The molecule has 1 unspecified atom stereocenters. The van der Waals surface area contributed by atoms with E-state index >= 15 is 0 Å². The van der Waals surface area contributed by atoms with Crippen molar-refractivity contribution in [2.24, 2.45) is 0 Å². The number of hydrogen-bond donors (Lipinski definition) is 1. The average Bonchev–Trinajstić information content (AvgIpc) is 3.33. The number of nitrogens with zero attached hydrogens (tertiary/aromatic N) is 2. The van der Waals surface area contributed by atoms with Crippen LogP contribution in [0.5, 0.6) is 5.88 Å². The van der Waals surface area contributed by atoms with Crippen molar-refractivity contribution in [2.75, 3.05) is 13.2 Å². The van der Waals surface area contributed by atoms with Crippen molar-refractivity contribution in [3.05, 3.63) is 28.8 Å². The number of unbranched alkanes of at least 4 members (excludes halogenated alkanes) is 1. The number of amides is 1. The molecule has 0 aliphatic carbocycles. The molecule has 1 atom stereocenters. The molecule has 1 amide bonds. The highest BCUT2D eigenvalue weighted by atomic mass is 16.5. The van der Waals surface area contributed by atoms with Crippen molar-refractivity contribution in [1.29, 1.82) is 0 Å². The van der Waals surface area contributed by atoms with Crippen molar-refractivity contribution < 1.29 is 23.3 Å². The Kier molecular flexibility index (Phi) is 5.70. The third-order valence-corrected chi connectivity index (χ3v) is 4.17. The average molecular weight is 349 g/mol. The molecular formula is C17H23N3O5. The molecule has 0 spiro atoms. The van der Waals surface area contributed by atoms with Gasteiger partial charge in [-0.2, -0.15) is 0 Å². The Morgan fingerprint density at radius 3 is 3.04 bits per heavy atom. The minimum atomic E-state index is -0.317. The summed E-state index contributed by atoms with van der Waals surface area (Å²) in [4.78, 5) is 12.1. The van der Waals surface area contributed by atoms with Gasteiger partial charge in [-0.3, -0.25) is 4.79 Å². The summed E-state index contributed by atoms with van der Waals surface area (Å²) in [6.45, 7) is 5.44. The van der Waals surface area contributed by atoms with Crippen LogP contribution in [0.4, 0.5) is 0 Å².